The number of hydrogen-bond donors (Lipinski definition) is 0. The molecule has 0 aliphatic rings. The first kappa shape index (κ1) is 29.4. The molecule has 6 rings (SSSR count). The molecule has 218 valence electrons. The van der Waals surface area contributed by atoms with Crippen LogP contribution in [0.2, 0.25) is 0 Å². The van der Waals surface area contributed by atoms with Gasteiger partial charge in [0.15, 0.2) is 0 Å². The number of halogens is 4. The van der Waals surface area contributed by atoms with Gasteiger partial charge in [-0.3, -0.25) is 0 Å². The summed E-state index contributed by atoms with van der Waals surface area (Å²) in [4.78, 5) is 0. The topological polar surface area (TPSA) is 23.1 Å². The average Bonchev–Trinajstić information content (AvgIpc) is 3.03. The van der Waals surface area contributed by atoms with Gasteiger partial charge in [0.1, 0.15) is 34.8 Å². The third kappa shape index (κ3) is 6.47. The second kappa shape index (κ2) is 12.9. The molecule has 0 N–H and O–H groups in total. The Labute approximate surface area is 256 Å². The molecule has 0 unspecified atom stereocenters. The third-order valence-electron chi connectivity index (χ3n) is 7.51. The average molecular weight is 607 g/mol. The number of hydrogen-bond acceptors (Lipinski definition) is 1. The van der Waals surface area contributed by atoms with Gasteiger partial charge < -0.3 is 4.55 Å². The minimum absolute atomic E-state index is 0.200. The molecule has 0 fully saturated rings. The van der Waals surface area contributed by atoms with Gasteiger partial charge in [0, 0.05) is 11.1 Å². The molecule has 0 aliphatic heterocycles. The van der Waals surface area contributed by atoms with Crippen LogP contribution in [-0.4, -0.2) is 4.55 Å². The van der Waals surface area contributed by atoms with Gasteiger partial charge in [0.05, 0.1) is 0 Å². The Balaban J connectivity index is 1.40. The predicted molar refractivity (Wildman–Crippen MR) is 170 cm³/mol. The van der Waals surface area contributed by atoms with Gasteiger partial charge >= 0.3 is 0 Å². The third-order valence-corrected chi connectivity index (χ3v) is 8.78. The van der Waals surface area contributed by atoms with Crippen molar-refractivity contribution in [1.82, 2.24) is 0 Å². The van der Waals surface area contributed by atoms with E-state index in [-0.39, 0.29) is 34.8 Å². The summed E-state index contributed by atoms with van der Waals surface area (Å²) in [6.07, 6.45) is 0. The zero-order valence-electron chi connectivity index (χ0n) is 23.4. The fraction of sp³-hybridized carbons (Fsp3) is 0.0526. The number of benzene rings is 6. The Morgan fingerprint density at radius 2 is 0.682 bits per heavy atom. The van der Waals surface area contributed by atoms with Crippen LogP contribution in [-0.2, 0) is 22.7 Å². The van der Waals surface area contributed by atoms with Crippen LogP contribution < -0.4 is 0 Å². The lowest BCUT2D eigenvalue weighted by molar-refractivity contribution is 0.593. The van der Waals surface area contributed by atoms with E-state index in [1.807, 2.05) is 36.4 Å². The maximum Gasteiger partial charge on any atom is 0.131 e. The molecule has 0 amide bonds. The molecule has 0 heterocycles. The summed E-state index contributed by atoms with van der Waals surface area (Å²) in [7, 11) is 0. The quantitative estimate of drug-likeness (QED) is 0.125. The lowest BCUT2D eigenvalue weighted by Gasteiger charge is -2.20. The molecule has 0 aliphatic carbocycles. The summed E-state index contributed by atoms with van der Waals surface area (Å²) in [5.74, 6) is -1.04. The fourth-order valence-corrected chi connectivity index (χ4v) is 6.77. The maximum atomic E-state index is 13.9. The Bertz CT molecular complexity index is 1750. The molecule has 0 saturated heterocycles. The lowest BCUT2D eigenvalue weighted by Crippen LogP contribution is -2.10. The first-order chi connectivity index (χ1) is 21.4. The van der Waals surface area contributed by atoms with E-state index in [0.717, 1.165) is 55.6 Å². The van der Waals surface area contributed by atoms with E-state index in [0.29, 0.717) is 0 Å². The summed E-state index contributed by atoms with van der Waals surface area (Å²) < 4.78 is 69.2. The Hall–Kier alpha value is -4.65. The van der Waals surface area contributed by atoms with Crippen molar-refractivity contribution in [3.8, 4) is 44.5 Å². The molecular weight excluding hydrogens is 580 g/mol. The summed E-state index contributed by atoms with van der Waals surface area (Å²) >= 11 is -1.40. The Morgan fingerprint density at radius 1 is 0.386 bits per heavy atom. The van der Waals surface area contributed by atoms with Crippen molar-refractivity contribution < 1.29 is 22.1 Å². The Morgan fingerprint density at radius 3 is 1.00 bits per heavy atom. The van der Waals surface area contributed by atoms with Crippen LogP contribution in [0.4, 0.5) is 17.6 Å². The van der Waals surface area contributed by atoms with Crippen LogP contribution in [0.25, 0.3) is 44.5 Å². The van der Waals surface area contributed by atoms with Gasteiger partial charge in [-0.25, -0.2) is 17.6 Å². The molecule has 1 nitrogen and oxygen atoms in total. The molecule has 0 spiro atoms. The summed E-state index contributed by atoms with van der Waals surface area (Å²) in [5, 5.41) is 0. The Kier molecular flexibility index (Phi) is 8.64. The smallest absolute Gasteiger partial charge is 0.131 e. The van der Waals surface area contributed by atoms with Crippen molar-refractivity contribution in [3.63, 3.8) is 0 Å². The van der Waals surface area contributed by atoms with Crippen molar-refractivity contribution in [3.05, 3.63) is 168 Å². The normalized spacial score (nSPS) is 11.2. The van der Waals surface area contributed by atoms with Gasteiger partial charge in [-0.05, 0) is 104 Å². The summed E-state index contributed by atoms with van der Waals surface area (Å²) in [6.45, 7) is 0. The first-order valence-corrected chi connectivity index (χ1v) is 15.5. The van der Waals surface area contributed by atoms with Crippen molar-refractivity contribution in [2.24, 2.45) is 0 Å². The predicted octanol–water partition coefficient (Wildman–Crippen LogP) is 10.4. The molecule has 6 heteroatoms. The van der Waals surface area contributed by atoms with Gasteiger partial charge in [-0.2, -0.15) is 0 Å². The molecule has 0 aromatic heterocycles. The van der Waals surface area contributed by atoms with Crippen LogP contribution in [0.15, 0.2) is 133 Å². The highest BCUT2D eigenvalue weighted by Gasteiger charge is 2.21. The van der Waals surface area contributed by atoms with E-state index in [1.54, 1.807) is 48.5 Å². The van der Waals surface area contributed by atoms with Gasteiger partial charge in [0.25, 0.3) is 0 Å². The molecule has 44 heavy (non-hydrogen) atoms. The van der Waals surface area contributed by atoms with E-state index in [2.05, 4.69) is 0 Å². The molecule has 6 aromatic rings. The van der Waals surface area contributed by atoms with Gasteiger partial charge in [-0.15, -0.1) is 0 Å². The monoisotopic (exact) mass is 606 g/mol. The van der Waals surface area contributed by atoms with Gasteiger partial charge in [-0.1, -0.05) is 84.9 Å². The first-order valence-electron chi connectivity index (χ1n) is 14.0. The second-order valence-corrected chi connectivity index (χ2v) is 11.9. The minimum atomic E-state index is -1.40. The highest BCUT2D eigenvalue weighted by atomic mass is 32.2. The highest BCUT2D eigenvalue weighted by molar-refractivity contribution is 7.89. The zero-order valence-corrected chi connectivity index (χ0v) is 24.3. The van der Waals surface area contributed by atoms with Crippen LogP contribution >= 0.6 is 0 Å². The van der Waals surface area contributed by atoms with Crippen LogP contribution in [0.1, 0.15) is 11.1 Å². The molecule has 0 saturated carbocycles. The fourth-order valence-electron chi connectivity index (χ4n) is 5.49. The summed E-state index contributed by atoms with van der Waals surface area (Å²) in [5.41, 5.74) is 7.90. The standard InChI is InChI=1S/C38H26F4OS/c39-31-15-7-25(8-16-31)35-5-1-3-29(37(35)27-11-19-33(41)20-12-27)23-44(43)24-30-4-2-6-36(26-9-17-32(40)18-10-26)38(30)28-13-21-34(42)22-14-28/h1-22H,23-24H2. The SMILES string of the molecule is [O-][S+](Cc1cccc(-c2ccc(F)cc2)c1-c1ccc(F)cc1)Cc1cccc(-c2ccc(F)cc2)c1-c1ccc(F)cc1. The largest absolute Gasteiger partial charge is 0.616 e. The molecule has 0 radical (unpaired) electrons. The summed E-state index contributed by atoms with van der Waals surface area (Å²) in [6, 6.07) is 35.9. The molecule has 0 bridgehead atoms. The van der Waals surface area contributed by atoms with Crippen molar-refractivity contribution >= 4 is 11.2 Å². The van der Waals surface area contributed by atoms with Crippen molar-refractivity contribution in [2.45, 2.75) is 11.5 Å². The minimum Gasteiger partial charge on any atom is -0.616 e. The maximum absolute atomic E-state index is 13.9. The van der Waals surface area contributed by atoms with Crippen LogP contribution in [0.5, 0.6) is 0 Å². The molecule has 6 aromatic carbocycles. The van der Waals surface area contributed by atoms with E-state index >= 15 is 0 Å². The molecular formula is C38H26F4OS. The molecule has 0 atom stereocenters. The van der Waals surface area contributed by atoms with Crippen molar-refractivity contribution in [1.29, 1.82) is 0 Å². The van der Waals surface area contributed by atoms with Crippen molar-refractivity contribution in [2.75, 3.05) is 0 Å². The second-order valence-electron chi connectivity index (χ2n) is 10.4. The zero-order chi connectivity index (χ0) is 30.6. The van der Waals surface area contributed by atoms with E-state index < -0.39 is 11.2 Å². The van der Waals surface area contributed by atoms with Gasteiger partial charge in [0.2, 0.25) is 0 Å². The van der Waals surface area contributed by atoms with Crippen LogP contribution in [0.3, 0.4) is 0 Å². The number of rotatable bonds is 8. The van der Waals surface area contributed by atoms with Crippen LogP contribution in [0, 0.1) is 23.3 Å². The van der Waals surface area contributed by atoms with E-state index in [9.17, 15) is 22.1 Å². The van der Waals surface area contributed by atoms with E-state index in [4.69, 9.17) is 0 Å². The lowest BCUT2D eigenvalue weighted by atomic mass is 9.91. The highest BCUT2D eigenvalue weighted by Crippen LogP contribution is 2.39. The van der Waals surface area contributed by atoms with E-state index in [1.165, 1.54) is 48.5 Å².